The van der Waals surface area contributed by atoms with Gasteiger partial charge in [0.25, 0.3) is 0 Å². The number of carbonyl (C=O) groups excluding carboxylic acids is 1. The second-order valence-corrected chi connectivity index (χ2v) is 4.95. The van der Waals surface area contributed by atoms with Gasteiger partial charge in [0.2, 0.25) is 5.91 Å². The van der Waals surface area contributed by atoms with Gasteiger partial charge in [-0.2, -0.15) is 0 Å². The summed E-state index contributed by atoms with van der Waals surface area (Å²) < 4.78 is 0. The maximum absolute atomic E-state index is 11.7. The molecular formula is C9H13N3OS. The summed E-state index contributed by atoms with van der Waals surface area (Å²) in [5.74, 6) is 0.0225. The zero-order valence-electron chi connectivity index (χ0n) is 8.04. The lowest BCUT2D eigenvalue weighted by Gasteiger charge is -2.10. The van der Waals surface area contributed by atoms with Gasteiger partial charge in [-0.25, -0.2) is 4.98 Å². The van der Waals surface area contributed by atoms with Crippen molar-refractivity contribution in [3.05, 3.63) is 11.1 Å². The van der Waals surface area contributed by atoms with Crippen LogP contribution in [0.25, 0.3) is 0 Å². The smallest absolute Gasteiger partial charge is 0.233 e. The number of amides is 1. The molecule has 76 valence electrons. The molecule has 14 heavy (non-hydrogen) atoms. The molecule has 1 aromatic heterocycles. The van der Waals surface area contributed by atoms with Crippen molar-refractivity contribution in [1.29, 1.82) is 0 Å². The monoisotopic (exact) mass is 211 g/mol. The standard InChI is InChI=1S/C9H13N3OS/c1-6-4-11-8(14-6)12-7(13)9(5-10)2-3-9/h4H,2-3,5,10H2,1H3,(H,11,12,13). The normalized spacial score (nSPS) is 17.9. The van der Waals surface area contributed by atoms with E-state index in [1.165, 1.54) is 11.3 Å². The Morgan fingerprint density at radius 2 is 2.50 bits per heavy atom. The van der Waals surface area contributed by atoms with Crippen LogP contribution < -0.4 is 11.1 Å². The molecule has 4 nitrogen and oxygen atoms in total. The van der Waals surface area contributed by atoms with Gasteiger partial charge in [0, 0.05) is 17.6 Å². The van der Waals surface area contributed by atoms with E-state index in [2.05, 4.69) is 10.3 Å². The Labute approximate surface area is 86.5 Å². The first kappa shape index (κ1) is 9.61. The summed E-state index contributed by atoms with van der Waals surface area (Å²) in [6.07, 6.45) is 3.56. The number of rotatable bonds is 3. The predicted octanol–water partition coefficient (Wildman–Crippen LogP) is 1.13. The Kier molecular flexibility index (Phi) is 2.28. The van der Waals surface area contributed by atoms with Crippen LogP contribution in [-0.2, 0) is 4.79 Å². The minimum Gasteiger partial charge on any atom is -0.329 e. The molecule has 2 rings (SSSR count). The van der Waals surface area contributed by atoms with Crippen LogP contribution in [0.3, 0.4) is 0 Å². The molecule has 1 heterocycles. The number of thiazole rings is 1. The van der Waals surface area contributed by atoms with Crippen LogP contribution in [0.1, 0.15) is 17.7 Å². The summed E-state index contributed by atoms with van der Waals surface area (Å²) in [6.45, 7) is 2.40. The molecule has 1 saturated carbocycles. The summed E-state index contributed by atoms with van der Waals surface area (Å²) in [6, 6.07) is 0. The number of hydrogen-bond donors (Lipinski definition) is 2. The van der Waals surface area contributed by atoms with Gasteiger partial charge < -0.3 is 11.1 Å². The van der Waals surface area contributed by atoms with Gasteiger partial charge in [0.1, 0.15) is 0 Å². The summed E-state index contributed by atoms with van der Waals surface area (Å²) in [4.78, 5) is 16.9. The van der Waals surface area contributed by atoms with Crippen molar-refractivity contribution < 1.29 is 4.79 Å². The van der Waals surface area contributed by atoms with E-state index in [9.17, 15) is 4.79 Å². The first-order chi connectivity index (χ1) is 6.66. The maximum Gasteiger partial charge on any atom is 0.233 e. The molecule has 1 aromatic rings. The van der Waals surface area contributed by atoms with Crippen molar-refractivity contribution in [2.75, 3.05) is 11.9 Å². The lowest BCUT2D eigenvalue weighted by molar-refractivity contribution is -0.120. The molecule has 0 radical (unpaired) electrons. The third-order valence-electron chi connectivity index (χ3n) is 2.57. The minimum absolute atomic E-state index is 0.0225. The fourth-order valence-corrected chi connectivity index (χ4v) is 1.98. The van der Waals surface area contributed by atoms with Crippen molar-refractivity contribution in [2.45, 2.75) is 19.8 Å². The van der Waals surface area contributed by atoms with Crippen LogP contribution in [0.15, 0.2) is 6.20 Å². The van der Waals surface area contributed by atoms with E-state index in [0.717, 1.165) is 17.7 Å². The molecule has 1 fully saturated rings. The maximum atomic E-state index is 11.7. The van der Waals surface area contributed by atoms with Crippen molar-refractivity contribution >= 4 is 22.4 Å². The molecule has 0 atom stereocenters. The quantitative estimate of drug-likeness (QED) is 0.787. The van der Waals surface area contributed by atoms with Crippen LogP contribution in [0.2, 0.25) is 0 Å². The molecule has 0 bridgehead atoms. The van der Waals surface area contributed by atoms with Gasteiger partial charge in [-0.05, 0) is 19.8 Å². The summed E-state index contributed by atoms with van der Waals surface area (Å²) >= 11 is 1.49. The van der Waals surface area contributed by atoms with Crippen LogP contribution in [0, 0.1) is 12.3 Å². The molecule has 0 aromatic carbocycles. The van der Waals surface area contributed by atoms with E-state index >= 15 is 0 Å². The number of nitrogens with zero attached hydrogens (tertiary/aromatic N) is 1. The number of nitrogens with one attached hydrogen (secondary N) is 1. The van der Waals surface area contributed by atoms with Crippen LogP contribution in [0.5, 0.6) is 0 Å². The predicted molar refractivity (Wildman–Crippen MR) is 56.2 cm³/mol. The summed E-state index contributed by atoms with van der Waals surface area (Å²) in [7, 11) is 0. The highest BCUT2D eigenvalue weighted by molar-refractivity contribution is 7.15. The van der Waals surface area contributed by atoms with Gasteiger partial charge in [-0.15, -0.1) is 11.3 Å². The number of aromatic nitrogens is 1. The van der Waals surface area contributed by atoms with E-state index in [1.807, 2.05) is 6.92 Å². The van der Waals surface area contributed by atoms with Gasteiger partial charge in [-0.1, -0.05) is 0 Å². The summed E-state index contributed by atoms with van der Waals surface area (Å²) in [5.41, 5.74) is 5.26. The highest BCUT2D eigenvalue weighted by Gasteiger charge is 2.48. The van der Waals surface area contributed by atoms with Gasteiger partial charge in [0.05, 0.1) is 5.41 Å². The fourth-order valence-electron chi connectivity index (χ4n) is 1.32. The van der Waals surface area contributed by atoms with Gasteiger partial charge in [0.15, 0.2) is 5.13 Å². The average Bonchev–Trinajstić information content (AvgIpc) is 2.87. The van der Waals surface area contributed by atoms with Crippen molar-refractivity contribution in [3.8, 4) is 0 Å². The molecule has 0 aliphatic heterocycles. The molecule has 1 aliphatic carbocycles. The second kappa shape index (κ2) is 3.33. The largest absolute Gasteiger partial charge is 0.329 e. The molecule has 3 N–H and O–H groups in total. The Morgan fingerprint density at radius 1 is 1.79 bits per heavy atom. The van der Waals surface area contributed by atoms with Gasteiger partial charge in [-0.3, -0.25) is 4.79 Å². The number of aryl methyl sites for hydroxylation is 1. The van der Waals surface area contributed by atoms with Crippen LogP contribution in [-0.4, -0.2) is 17.4 Å². The Balaban J connectivity index is 2.01. The van der Waals surface area contributed by atoms with E-state index in [4.69, 9.17) is 5.73 Å². The van der Waals surface area contributed by atoms with Crippen LogP contribution >= 0.6 is 11.3 Å². The lowest BCUT2D eigenvalue weighted by atomic mass is 10.1. The van der Waals surface area contributed by atoms with E-state index in [1.54, 1.807) is 6.20 Å². The molecule has 1 amide bonds. The lowest BCUT2D eigenvalue weighted by Crippen LogP contribution is -2.30. The zero-order chi connectivity index (χ0) is 10.2. The second-order valence-electron chi connectivity index (χ2n) is 3.71. The first-order valence-corrected chi connectivity index (χ1v) is 5.42. The molecule has 0 saturated heterocycles. The number of carbonyl (C=O) groups is 1. The van der Waals surface area contributed by atoms with Crippen molar-refractivity contribution in [2.24, 2.45) is 11.1 Å². The third-order valence-corrected chi connectivity index (χ3v) is 3.40. The fraction of sp³-hybridized carbons (Fsp3) is 0.556. The van der Waals surface area contributed by atoms with Crippen LogP contribution in [0.4, 0.5) is 5.13 Å². The molecule has 0 unspecified atom stereocenters. The topological polar surface area (TPSA) is 68.0 Å². The highest BCUT2D eigenvalue weighted by Crippen LogP contribution is 2.45. The Bertz CT molecular complexity index is 357. The number of hydrogen-bond acceptors (Lipinski definition) is 4. The number of nitrogens with two attached hydrogens (primary N) is 1. The molecule has 0 spiro atoms. The molecule has 5 heteroatoms. The molecular weight excluding hydrogens is 198 g/mol. The highest BCUT2D eigenvalue weighted by atomic mass is 32.1. The average molecular weight is 211 g/mol. The summed E-state index contributed by atoms with van der Waals surface area (Å²) in [5, 5.41) is 3.48. The number of anilines is 1. The first-order valence-electron chi connectivity index (χ1n) is 4.60. The minimum atomic E-state index is -0.292. The van der Waals surface area contributed by atoms with E-state index in [0.29, 0.717) is 11.7 Å². The van der Waals surface area contributed by atoms with E-state index in [-0.39, 0.29) is 11.3 Å². The zero-order valence-corrected chi connectivity index (χ0v) is 8.86. The van der Waals surface area contributed by atoms with E-state index < -0.39 is 0 Å². The Morgan fingerprint density at radius 3 is 2.93 bits per heavy atom. The molecule has 1 aliphatic rings. The van der Waals surface area contributed by atoms with Crippen molar-refractivity contribution in [3.63, 3.8) is 0 Å². The third kappa shape index (κ3) is 1.65. The van der Waals surface area contributed by atoms with Crippen molar-refractivity contribution in [1.82, 2.24) is 4.98 Å². The SMILES string of the molecule is Cc1cnc(NC(=O)C2(CN)CC2)s1. The van der Waals surface area contributed by atoms with Gasteiger partial charge >= 0.3 is 0 Å². The Hall–Kier alpha value is -0.940.